The van der Waals surface area contributed by atoms with Gasteiger partial charge in [0.15, 0.2) is 0 Å². The number of nitrogens with zero attached hydrogens (tertiary/aromatic N) is 2. The van der Waals surface area contributed by atoms with Gasteiger partial charge in [0.25, 0.3) is 0 Å². The molecule has 0 aliphatic carbocycles. The summed E-state index contributed by atoms with van der Waals surface area (Å²) in [6, 6.07) is 0.165. The molecular formula is C14H23N3O3. The minimum Gasteiger partial charge on any atom is -0.444 e. The Morgan fingerprint density at radius 3 is 2.65 bits per heavy atom. The highest BCUT2D eigenvalue weighted by Gasteiger charge is 2.54. The van der Waals surface area contributed by atoms with Gasteiger partial charge in [-0.2, -0.15) is 0 Å². The van der Waals surface area contributed by atoms with Gasteiger partial charge in [0, 0.05) is 19.1 Å². The molecule has 3 fully saturated rings. The molecule has 6 heteroatoms. The van der Waals surface area contributed by atoms with Crippen LogP contribution in [0.5, 0.6) is 0 Å². The number of piperazine rings is 1. The quantitative estimate of drug-likeness (QED) is 0.763. The van der Waals surface area contributed by atoms with E-state index in [1.165, 1.54) is 0 Å². The number of hydrogen-bond donors (Lipinski definition) is 1. The van der Waals surface area contributed by atoms with Crippen molar-refractivity contribution in [3.8, 4) is 0 Å². The zero-order valence-electron chi connectivity index (χ0n) is 12.4. The van der Waals surface area contributed by atoms with Crippen molar-refractivity contribution in [3.05, 3.63) is 0 Å². The van der Waals surface area contributed by atoms with Crippen LogP contribution < -0.4 is 5.32 Å². The third kappa shape index (κ3) is 2.26. The van der Waals surface area contributed by atoms with E-state index in [9.17, 15) is 9.59 Å². The number of nitrogens with one attached hydrogen (secondary N) is 1. The normalized spacial score (nSPS) is 33.1. The Morgan fingerprint density at radius 2 is 2.10 bits per heavy atom. The molecule has 0 spiro atoms. The van der Waals surface area contributed by atoms with Crippen LogP contribution in [0.3, 0.4) is 0 Å². The van der Waals surface area contributed by atoms with E-state index in [2.05, 4.69) is 5.32 Å². The Bertz CT molecular complexity index is 426. The molecule has 3 aliphatic rings. The smallest absolute Gasteiger partial charge is 0.411 e. The molecule has 0 aromatic rings. The maximum atomic E-state index is 12.5. The van der Waals surface area contributed by atoms with Crippen LogP contribution in [-0.2, 0) is 9.53 Å². The first kappa shape index (κ1) is 13.7. The second kappa shape index (κ2) is 4.62. The van der Waals surface area contributed by atoms with E-state index < -0.39 is 5.60 Å². The number of ether oxygens (including phenoxy) is 1. The van der Waals surface area contributed by atoms with Crippen molar-refractivity contribution in [2.75, 3.05) is 19.6 Å². The average Bonchev–Trinajstić information content (AvgIpc) is 2.99. The Kier molecular flexibility index (Phi) is 3.16. The van der Waals surface area contributed by atoms with Gasteiger partial charge >= 0.3 is 6.09 Å². The summed E-state index contributed by atoms with van der Waals surface area (Å²) < 4.78 is 5.39. The lowest BCUT2D eigenvalue weighted by Crippen LogP contribution is -2.56. The highest BCUT2D eigenvalue weighted by atomic mass is 16.6. The molecule has 0 aromatic heterocycles. The number of hydrogen-bond acceptors (Lipinski definition) is 4. The minimum atomic E-state index is -0.517. The lowest BCUT2D eigenvalue weighted by molar-refractivity contribution is -0.138. The fourth-order valence-electron chi connectivity index (χ4n) is 3.48. The number of rotatable bonds is 1. The fraction of sp³-hybridized carbons (Fsp3) is 0.857. The summed E-state index contributed by atoms with van der Waals surface area (Å²) in [6.07, 6.45) is 1.42. The molecule has 1 N–H and O–H groups in total. The largest absolute Gasteiger partial charge is 0.444 e. The molecule has 20 heavy (non-hydrogen) atoms. The summed E-state index contributed by atoms with van der Waals surface area (Å²) in [4.78, 5) is 28.2. The van der Waals surface area contributed by atoms with Crippen molar-refractivity contribution in [2.24, 2.45) is 0 Å². The van der Waals surface area contributed by atoms with Crippen LogP contribution in [0.1, 0.15) is 33.6 Å². The molecule has 3 atom stereocenters. The van der Waals surface area contributed by atoms with E-state index in [1.54, 1.807) is 4.90 Å². The van der Waals surface area contributed by atoms with Gasteiger partial charge in [-0.05, 0) is 40.2 Å². The molecule has 3 heterocycles. The predicted octanol–water partition coefficient (Wildman–Crippen LogP) is 0.569. The van der Waals surface area contributed by atoms with E-state index in [1.807, 2.05) is 25.7 Å². The van der Waals surface area contributed by atoms with Crippen LogP contribution in [0.15, 0.2) is 0 Å². The second-order valence-electron chi connectivity index (χ2n) is 6.93. The molecule has 0 radical (unpaired) electrons. The second-order valence-corrected chi connectivity index (χ2v) is 6.93. The molecule has 2 bridgehead atoms. The van der Waals surface area contributed by atoms with Crippen molar-refractivity contribution in [3.63, 3.8) is 0 Å². The first-order valence-corrected chi connectivity index (χ1v) is 7.39. The van der Waals surface area contributed by atoms with Crippen molar-refractivity contribution in [2.45, 2.75) is 57.3 Å². The Labute approximate surface area is 119 Å². The molecule has 3 unspecified atom stereocenters. The Balaban J connectivity index is 1.67. The van der Waals surface area contributed by atoms with Crippen LogP contribution in [0.4, 0.5) is 4.79 Å². The van der Waals surface area contributed by atoms with Gasteiger partial charge in [-0.15, -0.1) is 0 Å². The zero-order valence-corrected chi connectivity index (χ0v) is 12.4. The summed E-state index contributed by atoms with van der Waals surface area (Å²) in [6.45, 7) is 8.00. The maximum Gasteiger partial charge on any atom is 0.411 e. The topological polar surface area (TPSA) is 61.9 Å². The molecule has 3 rings (SSSR count). The first-order valence-electron chi connectivity index (χ1n) is 7.39. The van der Waals surface area contributed by atoms with E-state index in [4.69, 9.17) is 4.74 Å². The van der Waals surface area contributed by atoms with Crippen molar-refractivity contribution >= 4 is 12.0 Å². The lowest BCUT2D eigenvalue weighted by atomic mass is 10.2. The van der Waals surface area contributed by atoms with Gasteiger partial charge in [-0.25, -0.2) is 4.79 Å². The molecule has 0 saturated carbocycles. The van der Waals surface area contributed by atoms with E-state index in [-0.39, 0.29) is 24.1 Å². The summed E-state index contributed by atoms with van der Waals surface area (Å²) >= 11 is 0. The van der Waals surface area contributed by atoms with Crippen LogP contribution in [0.2, 0.25) is 0 Å². The molecule has 0 aromatic carbocycles. The third-order valence-corrected chi connectivity index (χ3v) is 4.27. The number of carbonyl (C=O) groups excluding carboxylic acids is 2. The summed E-state index contributed by atoms with van der Waals surface area (Å²) in [5.74, 6) is 0.0980. The third-order valence-electron chi connectivity index (χ3n) is 4.27. The maximum absolute atomic E-state index is 12.5. The fourth-order valence-corrected chi connectivity index (χ4v) is 3.48. The van der Waals surface area contributed by atoms with Gasteiger partial charge < -0.3 is 15.0 Å². The molecule has 112 valence electrons. The first-order chi connectivity index (χ1) is 9.37. The zero-order chi connectivity index (χ0) is 14.5. The van der Waals surface area contributed by atoms with Gasteiger partial charge in [-0.1, -0.05) is 0 Å². The van der Waals surface area contributed by atoms with Crippen LogP contribution >= 0.6 is 0 Å². The van der Waals surface area contributed by atoms with Crippen LogP contribution in [0.25, 0.3) is 0 Å². The van der Waals surface area contributed by atoms with Gasteiger partial charge in [0.05, 0.1) is 6.04 Å². The summed E-state index contributed by atoms with van der Waals surface area (Å²) in [5.41, 5.74) is -0.517. The van der Waals surface area contributed by atoms with Gasteiger partial charge in [-0.3, -0.25) is 9.69 Å². The summed E-state index contributed by atoms with van der Waals surface area (Å²) in [5, 5.41) is 3.30. The van der Waals surface area contributed by atoms with Crippen molar-refractivity contribution < 1.29 is 14.3 Å². The monoisotopic (exact) mass is 281 g/mol. The molecular weight excluding hydrogens is 258 g/mol. The van der Waals surface area contributed by atoms with Crippen molar-refractivity contribution in [1.29, 1.82) is 0 Å². The standard InChI is InChI=1S/C14H23N3O3/c1-14(2,3)20-13(19)16-8-10-6-11(16)12(18)17(10)9-4-5-15-7-9/h9-11,15H,4-8H2,1-3H3. The van der Waals surface area contributed by atoms with E-state index in [0.29, 0.717) is 12.6 Å². The summed E-state index contributed by atoms with van der Waals surface area (Å²) in [7, 11) is 0. The lowest BCUT2D eigenvalue weighted by Gasteiger charge is -2.37. The molecule has 3 saturated heterocycles. The number of likely N-dealkylation sites (tertiary alicyclic amines) is 2. The minimum absolute atomic E-state index is 0.0980. The number of amides is 2. The SMILES string of the molecule is CC(C)(C)OC(=O)N1CC2CC1C(=O)N2C1CCNC1. The Hall–Kier alpha value is -1.30. The van der Waals surface area contributed by atoms with Gasteiger partial charge in [0.2, 0.25) is 5.91 Å². The Morgan fingerprint density at radius 1 is 1.35 bits per heavy atom. The van der Waals surface area contributed by atoms with E-state index >= 15 is 0 Å². The molecule has 2 amide bonds. The molecule has 3 aliphatic heterocycles. The van der Waals surface area contributed by atoms with E-state index in [0.717, 1.165) is 25.9 Å². The highest BCUT2D eigenvalue weighted by molar-refractivity contribution is 5.90. The van der Waals surface area contributed by atoms with Crippen LogP contribution in [-0.4, -0.2) is 65.2 Å². The predicted molar refractivity (Wildman–Crippen MR) is 73.3 cm³/mol. The van der Waals surface area contributed by atoms with Crippen molar-refractivity contribution in [1.82, 2.24) is 15.1 Å². The average molecular weight is 281 g/mol. The highest BCUT2D eigenvalue weighted by Crippen LogP contribution is 2.35. The molecule has 6 nitrogen and oxygen atoms in total. The number of carbonyl (C=O) groups is 2. The van der Waals surface area contributed by atoms with Gasteiger partial charge in [0.1, 0.15) is 11.6 Å². The van der Waals surface area contributed by atoms with Crippen LogP contribution in [0, 0.1) is 0 Å². The number of fused-ring (bicyclic) bond motifs is 2.